The van der Waals surface area contributed by atoms with Crippen LogP contribution < -0.4 is 10.5 Å². The van der Waals surface area contributed by atoms with Gasteiger partial charge in [0, 0.05) is 18.7 Å². The summed E-state index contributed by atoms with van der Waals surface area (Å²) in [6.45, 7) is 4.09. The van der Waals surface area contributed by atoms with Crippen LogP contribution in [0.5, 0.6) is 5.75 Å². The molecule has 0 spiro atoms. The zero-order valence-electron chi connectivity index (χ0n) is 12.8. The van der Waals surface area contributed by atoms with E-state index in [0.717, 1.165) is 17.9 Å². The maximum absolute atomic E-state index is 6.03. The molecule has 0 aliphatic rings. The van der Waals surface area contributed by atoms with Crippen LogP contribution in [0, 0.1) is 0 Å². The van der Waals surface area contributed by atoms with Gasteiger partial charge in [0.15, 0.2) is 0 Å². The summed E-state index contributed by atoms with van der Waals surface area (Å²) in [7, 11) is 2.10. The number of likely N-dealkylation sites (N-methyl/N-ethyl adjacent to an activating group) is 1. The predicted molar refractivity (Wildman–Crippen MR) is 87.3 cm³/mol. The summed E-state index contributed by atoms with van der Waals surface area (Å²) in [5.74, 6) is 0.926. The second kappa shape index (κ2) is 7.81. The van der Waals surface area contributed by atoms with Crippen LogP contribution in [-0.2, 0) is 6.54 Å². The number of rotatable bonds is 7. The molecule has 0 radical (unpaired) electrons. The zero-order valence-corrected chi connectivity index (χ0v) is 12.8. The standard InChI is InChI=1S/C18H24N2O/c1-3-21-18-12-8-7-11-16(18)17(13-19)20(2)14-15-9-5-4-6-10-15/h4-12,17H,3,13-14,19H2,1-2H3. The van der Waals surface area contributed by atoms with Gasteiger partial charge in [0.1, 0.15) is 5.75 Å². The minimum absolute atomic E-state index is 0.146. The molecule has 2 aromatic rings. The largest absolute Gasteiger partial charge is 0.494 e. The first-order valence-corrected chi connectivity index (χ1v) is 7.42. The van der Waals surface area contributed by atoms with Crippen molar-refractivity contribution in [3.05, 3.63) is 65.7 Å². The number of benzene rings is 2. The molecular formula is C18H24N2O. The molecule has 1 unspecified atom stereocenters. The van der Waals surface area contributed by atoms with E-state index in [0.29, 0.717) is 13.2 Å². The Labute approximate surface area is 127 Å². The molecule has 0 aliphatic carbocycles. The van der Waals surface area contributed by atoms with E-state index in [9.17, 15) is 0 Å². The fourth-order valence-electron chi connectivity index (χ4n) is 2.57. The molecule has 2 N–H and O–H groups in total. The minimum Gasteiger partial charge on any atom is -0.494 e. The lowest BCUT2D eigenvalue weighted by molar-refractivity contribution is 0.232. The molecule has 2 rings (SSSR count). The Morgan fingerprint density at radius 3 is 2.38 bits per heavy atom. The van der Waals surface area contributed by atoms with Crippen molar-refractivity contribution < 1.29 is 4.74 Å². The summed E-state index contributed by atoms with van der Waals surface area (Å²) in [4.78, 5) is 2.27. The fourth-order valence-corrected chi connectivity index (χ4v) is 2.57. The van der Waals surface area contributed by atoms with Crippen LogP contribution in [0.15, 0.2) is 54.6 Å². The van der Waals surface area contributed by atoms with E-state index in [-0.39, 0.29) is 6.04 Å². The highest BCUT2D eigenvalue weighted by molar-refractivity contribution is 5.36. The second-order valence-corrected chi connectivity index (χ2v) is 5.12. The molecule has 0 aromatic heterocycles. The van der Waals surface area contributed by atoms with Gasteiger partial charge in [0.2, 0.25) is 0 Å². The smallest absolute Gasteiger partial charge is 0.124 e. The van der Waals surface area contributed by atoms with Gasteiger partial charge in [-0.15, -0.1) is 0 Å². The lowest BCUT2D eigenvalue weighted by Gasteiger charge is -2.28. The van der Waals surface area contributed by atoms with E-state index in [1.165, 1.54) is 5.56 Å². The van der Waals surface area contributed by atoms with Crippen molar-refractivity contribution in [3.63, 3.8) is 0 Å². The van der Waals surface area contributed by atoms with Crippen LogP contribution in [0.4, 0.5) is 0 Å². The number of hydrogen-bond donors (Lipinski definition) is 1. The van der Waals surface area contributed by atoms with Crippen molar-refractivity contribution in [2.45, 2.75) is 19.5 Å². The zero-order chi connectivity index (χ0) is 15.1. The van der Waals surface area contributed by atoms with Crippen LogP contribution >= 0.6 is 0 Å². The van der Waals surface area contributed by atoms with E-state index < -0.39 is 0 Å². The summed E-state index contributed by atoms with van der Waals surface area (Å²) in [6.07, 6.45) is 0. The van der Waals surface area contributed by atoms with E-state index in [1.807, 2.05) is 31.2 Å². The van der Waals surface area contributed by atoms with Gasteiger partial charge in [-0.05, 0) is 25.6 Å². The highest BCUT2D eigenvalue weighted by Gasteiger charge is 2.19. The van der Waals surface area contributed by atoms with Gasteiger partial charge < -0.3 is 10.5 Å². The van der Waals surface area contributed by atoms with Gasteiger partial charge in [-0.2, -0.15) is 0 Å². The molecule has 0 fully saturated rings. The molecule has 0 aliphatic heterocycles. The molecule has 1 atom stereocenters. The summed E-state index contributed by atoms with van der Waals surface area (Å²) >= 11 is 0. The van der Waals surface area contributed by atoms with Gasteiger partial charge in [-0.25, -0.2) is 0 Å². The molecule has 2 aromatic carbocycles. The molecule has 0 saturated heterocycles. The van der Waals surface area contributed by atoms with Crippen LogP contribution in [0.3, 0.4) is 0 Å². The highest BCUT2D eigenvalue weighted by atomic mass is 16.5. The van der Waals surface area contributed by atoms with Crippen molar-refractivity contribution >= 4 is 0 Å². The maximum atomic E-state index is 6.03. The first-order valence-electron chi connectivity index (χ1n) is 7.42. The Morgan fingerprint density at radius 2 is 1.71 bits per heavy atom. The molecule has 3 nitrogen and oxygen atoms in total. The van der Waals surface area contributed by atoms with Crippen molar-refractivity contribution in [3.8, 4) is 5.75 Å². The molecule has 0 bridgehead atoms. The quantitative estimate of drug-likeness (QED) is 0.848. The number of nitrogens with zero attached hydrogens (tertiary/aromatic N) is 1. The van der Waals surface area contributed by atoms with Crippen molar-refractivity contribution in [2.24, 2.45) is 5.73 Å². The fraction of sp³-hybridized carbons (Fsp3) is 0.333. The number of nitrogens with two attached hydrogens (primary N) is 1. The van der Waals surface area contributed by atoms with Crippen LogP contribution in [0.25, 0.3) is 0 Å². The SMILES string of the molecule is CCOc1ccccc1C(CN)N(C)Cc1ccccc1. The van der Waals surface area contributed by atoms with Crippen LogP contribution in [0.1, 0.15) is 24.1 Å². The van der Waals surface area contributed by atoms with Crippen molar-refractivity contribution in [1.82, 2.24) is 4.90 Å². The molecule has 112 valence electrons. The Balaban J connectivity index is 2.19. The van der Waals surface area contributed by atoms with Crippen LogP contribution in [0.2, 0.25) is 0 Å². The average molecular weight is 284 g/mol. The number of ether oxygens (including phenoxy) is 1. The van der Waals surface area contributed by atoms with E-state index in [4.69, 9.17) is 10.5 Å². The Kier molecular flexibility index (Phi) is 5.78. The summed E-state index contributed by atoms with van der Waals surface area (Å²) in [6, 6.07) is 18.7. The predicted octanol–water partition coefficient (Wildman–Crippen LogP) is 3.22. The molecular weight excluding hydrogens is 260 g/mol. The Bertz CT molecular complexity index is 542. The Morgan fingerprint density at radius 1 is 1.05 bits per heavy atom. The number of hydrogen-bond acceptors (Lipinski definition) is 3. The molecule has 3 heteroatoms. The normalized spacial score (nSPS) is 12.4. The highest BCUT2D eigenvalue weighted by Crippen LogP contribution is 2.29. The lowest BCUT2D eigenvalue weighted by Crippen LogP contribution is -2.30. The monoisotopic (exact) mass is 284 g/mol. The topological polar surface area (TPSA) is 38.5 Å². The van der Waals surface area contributed by atoms with Crippen molar-refractivity contribution in [1.29, 1.82) is 0 Å². The minimum atomic E-state index is 0.146. The number of para-hydroxylation sites is 1. The third-order valence-electron chi connectivity index (χ3n) is 3.61. The second-order valence-electron chi connectivity index (χ2n) is 5.12. The molecule has 0 saturated carbocycles. The van der Waals surface area contributed by atoms with Crippen molar-refractivity contribution in [2.75, 3.05) is 20.2 Å². The van der Waals surface area contributed by atoms with Gasteiger partial charge in [-0.3, -0.25) is 4.90 Å². The van der Waals surface area contributed by atoms with E-state index in [2.05, 4.69) is 42.3 Å². The maximum Gasteiger partial charge on any atom is 0.124 e. The molecule has 21 heavy (non-hydrogen) atoms. The Hall–Kier alpha value is -1.84. The third kappa shape index (κ3) is 4.06. The lowest BCUT2D eigenvalue weighted by atomic mass is 10.0. The van der Waals surface area contributed by atoms with Gasteiger partial charge in [0.05, 0.1) is 12.6 Å². The average Bonchev–Trinajstić information content (AvgIpc) is 2.51. The van der Waals surface area contributed by atoms with Crippen LogP contribution in [-0.4, -0.2) is 25.1 Å². The molecule has 0 heterocycles. The van der Waals surface area contributed by atoms with E-state index in [1.54, 1.807) is 0 Å². The third-order valence-corrected chi connectivity index (χ3v) is 3.61. The first kappa shape index (κ1) is 15.5. The summed E-state index contributed by atoms with van der Waals surface area (Å²) in [5.41, 5.74) is 8.46. The molecule has 0 amide bonds. The summed E-state index contributed by atoms with van der Waals surface area (Å²) in [5, 5.41) is 0. The van der Waals surface area contributed by atoms with Gasteiger partial charge >= 0.3 is 0 Å². The summed E-state index contributed by atoms with van der Waals surface area (Å²) < 4.78 is 5.74. The van der Waals surface area contributed by atoms with Gasteiger partial charge in [-0.1, -0.05) is 48.5 Å². The first-order chi connectivity index (χ1) is 10.3. The van der Waals surface area contributed by atoms with Gasteiger partial charge in [0.25, 0.3) is 0 Å². The van der Waals surface area contributed by atoms with E-state index >= 15 is 0 Å².